The molecule has 6 heteroatoms. The van der Waals surface area contributed by atoms with E-state index in [0.29, 0.717) is 12.8 Å². The van der Waals surface area contributed by atoms with Crippen LogP contribution in [0.5, 0.6) is 0 Å². The first-order valence-electron chi connectivity index (χ1n) is 30.8. The summed E-state index contributed by atoms with van der Waals surface area (Å²) in [6.07, 6.45) is 96.1. The van der Waals surface area contributed by atoms with Gasteiger partial charge in [-0.1, -0.05) is 242 Å². The minimum absolute atomic E-state index is 0.117. The molecule has 6 nitrogen and oxygen atoms in total. The SMILES string of the molecule is CC/C=C\C/C=C\C/C=C\C/C=C\C/C=C\C/C=C\C/C=C\C/C=C\CCCCC(=O)OCC(COC(=O)CCCCCCC/C=C\CCC)OC(=O)CCCCCC/C=C\C/C=C\C/C=C\C/C=C\C/C=C\C/C=C\CC. The van der Waals surface area contributed by atoms with Gasteiger partial charge in [0.2, 0.25) is 0 Å². The molecule has 0 saturated heterocycles. The van der Waals surface area contributed by atoms with E-state index < -0.39 is 6.10 Å². The topological polar surface area (TPSA) is 78.9 Å². The van der Waals surface area contributed by atoms with Crippen LogP contribution >= 0.6 is 0 Å². The van der Waals surface area contributed by atoms with E-state index in [2.05, 4.69) is 203 Å². The van der Waals surface area contributed by atoms with Gasteiger partial charge in [0.15, 0.2) is 6.10 Å². The highest BCUT2D eigenvalue weighted by Crippen LogP contribution is 2.12. The van der Waals surface area contributed by atoms with E-state index in [-0.39, 0.29) is 44.0 Å². The number of ether oxygens (including phenoxy) is 3. The molecule has 0 aliphatic carbocycles. The third kappa shape index (κ3) is 61.4. The highest BCUT2D eigenvalue weighted by Gasteiger charge is 2.19. The summed E-state index contributed by atoms with van der Waals surface area (Å²) >= 11 is 0. The Morgan fingerprint density at radius 2 is 0.500 bits per heavy atom. The molecule has 78 heavy (non-hydrogen) atoms. The van der Waals surface area contributed by atoms with E-state index in [9.17, 15) is 14.4 Å². The Balaban J connectivity index is 4.47. The van der Waals surface area contributed by atoms with Crippen molar-refractivity contribution >= 4 is 17.9 Å². The van der Waals surface area contributed by atoms with Crippen molar-refractivity contribution in [3.8, 4) is 0 Å². The first kappa shape index (κ1) is 72.5. The molecule has 0 radical (unpaired) electrons. The monoisotopic (exact) mass is 1070 g/mol. The van der Waals surface area contributed by atoms with Crippen molar-refractivity contribution in [2.45, 2.75) is 239 Å². The molecule has 0 spiro atoms. The van der Waals surface area contributed by atoms with E-state index in [1.54, 1.807) is 0 Å². The van der Waals surface area contributed by atoms with Crippen LogP contribution in [-0.4, -0.2) is 37.2 Å². The van der Waals surface area contributed by atoms with Crippen LogP contribution in [0.15, 0.2) is 182 Å². The normalized spacial score (nSPS) is 13.4. The summed E-state index contributed by atoms with van der Waals surface area (Å²) in [5.41, 5.74) is 0. The van der Waals surface area contributed by atoms with Crippen LogP contribution in [0.2, 0.25) is 0 Å². The molecule has 0 aromatic heterocycles. The van der Waals surface area contributed by atoms with Crippen molar-refractivity contribution in [2.24, 2.45) is 0 Å². The van der Waals surface area contributed by atoms with E-state index >= 15 is 0 Å². The molecule has 0 aliphatic heterocycles. The number of unbranched alkanes of at least 4 members (excludes halogenated alkanes) is 12. The summed E-state index contributed by atoms with van der Waals surface area (Å²) < 4.78 is 16.8. The molecule has 0 N–H and O–H groups in total. The second-order valence-corrected chi connectivity index (χ2v) is 19.5. The number of carbonyl (C=O) groups is 3. The molecule has 0 heterocycles. The number of rotatable bonds is 53. The zero-order valence-corrected chi connectivity index (χ0v) is 49.6. The van der Waals surface area contributed by atoms with Gasteiger partial charge in [-0.2, -0.15) is 0 Å². The van der Waals surface area contributed by atoms with Crippen LogP contribution in [0, 0.1) is 0 Å². The lowest BCUT2D eigenvalue weighted by Crippen LogP contribution is -2.30. The molecule has 0 aliphatic rings. The average molecular weight is 1070 g/mol. The van der Waals surface area contributed by atoms with Gasteiger partial charge < -0.3 is 14.2 Å². The number of hydrogen-bond acceptors (Lipinski definition) is 6. The third-order valence-corrected chi connectivity index (χ3v) is 12.1. The molecule has 0 bridgehead atoms. The van der Waals surface area contributed by atoms with Gasteiger partial charge in [-0.25, -0.2) is 0 Å². The van der Waals surface area contributed by atoms with Gasteiger partial charge in [0.1, 0.15) is 13.2 Å². The maximum atomic E-state index is 12.9. The quantitative estimate of drug-likeness (QED) is 0.0261. The summed E-state index contributed by atoms with van der Waals surface area (Å²) in [5, 5.41) is 0. The van der Waals surface area contributed by atoms with E-state index in [0.717, 1.165) is 173 Å². The van der Waals surface area contributed by atoms with Crippen molar-refractivity contribution in [3.05, 3.63) is 182 Å². The second-order valence-electron chi connectivity index (χ2n) is 19.5. The average Bonchev–Trinajstić information content (AvgIpc) is 3.44. The largest absolute Gasteiger partial charge is 0.462 e. The number of allylic oxidation sites excluding steroid dienone is 30. The van der Waals surface area contributed by atoms with Crippen LogP contribution in [-0.2, 0) is 28.6 Å². The summed E-state index contributed by atoms with van der Waals surface area (Å²) in [5.74, 6) is -1.01. The molecule has 0 aromatic rings. The molecule has 0 rings (SSSR count). The maximum Gasteiger partial charge on any atom is 0.306 e. The Morgan fingerprint density at radius 3 is 0.821 bits per heavy atom. The summed E-state index contributed by atoms with van der Waals surface area (Å²) in [4.78, 5) is 38.2. The standard InChI is InChI=1S/C72H110O6/c1-4-7-10-13-16-19-22-24-26-28-30-32-34-35-36-37-39-40-42-44-46-48-50-53-56-59-62-65-71(74)77-68-69(67-76-70(73)64-61-58-55-52-21-18-15-12-9-6-3)78-72(75)66-63-60-57-54-51-49-47-45-43-41-38-33-31-29-27-25-23-20-17-14-11-8-5-2/h7-8,10-12,15-17,19-20,24-27,30-33,35-36,39-41,43-44,46-47,49-50,53,69H,4-6,9,13-14,18,21-23,28-29,34,37-38,42,45,48,51-52,54-68H2,1-3H3/b10-7-,11-8-,15-12-,19-16-,20-17-,26-24-,27-25-,32-30-,33-31-,36-35-,40-39-,43-41-,46-44-,49-47-,53-50-. The Bertz CT molecular complexity index is 1850. The Hall–Kier alpha value is -5.49. The van der Waals surface area contributed by atoms with Gasteiger partial charge in [0.05, 0.1) is 0 Å². The minimum atomic E-state index is -0.824. The van der Waals surface area contributed by atoms with Crippen LogP contribution in [0.1, 0.15) is 233 Å². The lowest BCUT2D eigenvalue weighted by Gasteiger charge is -2.18. The lowest BCUT2D eigenvalue weighted by atomic mass is 10.1. The fourth-order valence-corrected chi connectivity index (χ4v) is 7.58. The van der Waals surface area contributed by atoms with Gasteiger partial charge in [-0.15, -0.1) is 0 Å². The third-order valence-electron chi connectivity index (χ3n) is 12.1. The van der Waals surface area contributed by atoms with E-state index in [4.69, 9.17) is 14.2 Å². The fraction of sp³-hybridized carbons (Fsp3) is 0.542. The Kier molecular flexibility index (Phi) is 59.5. The van der Waals surface area contributed by atoms with Gasteiger partial charge in [0.25, 0.3) is 0 Å². The Labute approximate surface area is 478 Å². The smallest absolute Gasteiger partial charge is 0.306 e. The molecule has 0 amide bonds. The highest BCUT2D eigenvalue weighted by atomic mass is 16.6. The van der Waals surface area contributed by atoms with Crippen LogP contribution in [0.3, 0.4) is 0 Å². The predicted octanol–water partition coefficient (Wildman–Crippen LogP) is 21.3. The zero-order chi connectivity index (χ0) is 56.4. The van der Waals surface area contributed by atoms with Gasteiger partial charge >= 0.3 is 17.9 Å². The van der Waals surface area contributed by atoms with Crippen LogP contribution in [0.4, 0.5) is 0 Å². The molecule has 1 unspecified atom stereocenters. The van der Waals surface area contributed by atoms with Crippen molar-refractivity contribution < 1.29 is 28.6 Å². The molecular formula is C72H110O6. The predicted molar refractivity (Wildman–Crippen MR) is 338 cm³/mol. The van der Waals surface area contributed by atoms with E-state index in [1.807, 2.05) is 0 Å². The zero-order valence-electron chi connectivity index (χ0n) is 49.6. The molecular weight excluding hydrogens is 961 g/mol. The summed E-state index contributed by atoms with van der Waals surface area (Å²) in [6.45, 7) is 6.26. The maximum absolute atomic E-state index is 12.9. The van der Waals surface area contributed by atoms with Gasteiger partial charge in [0, 0.05) is 19.3 Å². The molecule has 0 aromatic carbocycles. The van der Waals surface area contributed by atoms with E-state index in [1.165, 1.54) is 12.8 Å². The molecule has 434 valence electrons. The lowest BCUT2D eigenvalue weighted by molar-refractivity contribution is -0.167. The van der Waals surface area contributed by atoms with Gasteiger partial charge in [-0.3, -0.25) is 14.4 Å². The first-order valence-corrected chi connectivity index (χ1v) is 30.8. The van der Waals surface area contributed by atoms with Crippen molar-refractivity contribution in [3.63, 3.8) is 0 Å². The summed E-state index contributed by atoms with van der Waals surface area (Å²) in [7, 11) is 0. The van der Waals surface area contributed by atoms with Crippen molar-refractivity contribution in [2.75, 3.05) is 13.2 Å². The number of hydrogen-bond donors (Lipinski definition) is 0. The molecule has 1 atom stereocenters. The Morgan fingerprint density at radius 1 is 0.269 bits per heavy atom. The number of carbonyl (C=O) groups excluding carboxylic acids is 3. The van der Waals surface area contributed by atoms with Crippen LogP contribution < -0.4 is 0 Å². The highest BCUT2D eigenvalue weighted by molar-refractivity contribution is 5.71. The fourth-order valence-electron chi connectivity index (χ4n) is 7.58. The first-order chi connectivity index (χ1) is 38.5. The van der Waals surface area contributed by atoms with Gasteiger partial charge in [-0.05, 0) is 154 Å². The second kappa shape index (κ2) is 64.0. The molecule has 0 saturated carbocycles. The summed E-state index contributed by atoms with van der Waals surface area (Å²) in [6, 6.07) is 0. The van der Waals surface area contributed by atoms with Crippen molar-refractivity contribution in [1.29, 1.82) is 0 Å². The number of esters is 3. The minimum Gasteiger partial charge on any atom is -0.462 e. The van der Waals surface area contributed by atoms with Crippen LogP contribution in [0.25, 0.3) is 0 Å². The van der Waals surface area contributed by atoms with Crippen molar-refractivity contribution in [1.82, 2.24) is 0 Å². The molecule has 0 fully saturated rings.